The van der Waals surface area contributed by atoms with E-state index in [9.17, 15) is 145 Å². The van der Waals surface area contributed by atoms with Crippen LogP contribution < -0.4 is 11.1 Å². The van der Waals surface area contributed by atoms with Gasteiger partial charge >= 0.3 is 90.4 Å². The highest BCUT2D eigenvalue weighted by Crippen LogP contribution is 2.56. The standard InChI is InChI=1S/C14H15F14NO5.C11H15FO5S.C9H4F14O4.C5H13NO2.C5H12O3/c1-8(15,16)13(25,26)34-10(18,12(22,23)24)14(27,28)33-9(17,11(19,20)21)7(30)29-3-4-32-6-5-31-2;1-15-6-7-16-8-9-17-18(13,14)11-4-2-10(12)3-5-11;1-3(10,11)8(20,21)27-5(13,7(17,18)19)9(22,23)26-4(12,2(24)25)6(14,15)16;2*1-7-4-5-8-3-2-6/h3-6H2,1-2H3,(H,29,30);2-5H,6-9H2,1H3;1H3,(H,24,25);2-6H2,1H3;6H,2-5H2,1H3. The molecule has 0 saturated heterocycles. The van der Waals surface area contributed by atoms with Gasteiger partial charge in [0.05, 0.1) is 97.4 Å². The topological polar surface area (TPSA) is 267 Å². The number of hydrogen-bond acceptors (Lipinski definition) is 19. The number of aliphatic carboxylic acids is 1. The van der Waals surface area contributed by atoms with Crippen molar-refractivity contribution in [1.82, 2.24) is 5.32 Å². The lowest BCUT2D eigenvalue weighted by atomic mass is 10.2. The molecule has 0 spiro atoms. The summed E-state index contributed by atoms with van der Waals surface area (Å²) in [4.78, 5) is 21.5. The van der Waals surface area contributed by atoms with E-state index in [4.69, 9.17) is 43.8 Å². The number of amides is 1. The molecule has 0 aromatic heterocycles. The summed E-state index contributed by atoms with van der Waals surface area (Å²) >= 11 is 0. The molecule has 95 heavy (non-hydrogen) atoms. The van der Waals surface area contributed by atoms with E-state index in [1.807, 2.05) is 4.74 Å². The van der Waals surface area contributed by atoms with Gasteiger partial charge in [0, 0.05) is 55.4 Å². The zero-order valence-corrected chi connectivity index (χ0v) is 49.7. The first-order chi connectivity index (χ1) is 42.6. The predicted octanol–water partition coefficient (Wildman–Crippen LogP) is 8.94. The normalized spacial score (nSPS) is 15.7. The van der Waals surface area contributed by atoms with Crippen molar-refractivity contribution in [2.45, 2.75) is 103 Å². The predicted molar refractivity (Wildman–Crippen MR) is 252 cm³/mol. The van der Waals surface area contributed by atoms with Crippen molar-refractivity contribution in [3.05, 3.63) is 30.1 Å². The number of hydrogen-bond donors (Lipinski definition) is 4. The zero-order chi connectivity index (χ0) is 75.9. The molecular formula is C44H59F29N2O19S. The van der Waals surface area contributed by atoms with Gasteiger partial charge in [0.15, 0.2) is 0 Å². The van der Waals surface area contributed by atoms with E-state index in [0.29, 0.717) is 59.4 Å². The maximum absolute atomic E-state index is 14.2. The van der Waals surface area contributed by atoms with Crippen LogP contribution in [-0.4, -0.2) is 249 Å². The van der Waals surface area contributed by atoms with E-state index in [-0.39, 0.29) is 37.9 Å². The van der Waals surface area contributed by atoms with Crippen molar-refractivity contribution < 1.29 is 217 Å². The number of ether oxygens (including phenoxy) is 12. The maximum Gasteiger partial charge on any atom is 0.460 e. The molecule has 0 radical (unpaired) electrons. The van der Waals surface area contributed by atoms with Crippen molar-refractivity contribution in [3.8, 4) is 0 Å². The van der Waals surface area contributed by atoms with Crippen molar-refractivity contribution >= 4 is 22.0 Å². The van der Waals surface area contributed by atoms with Crippen LogP contribution in [0.1, 0.15) is 13.8 Å². The summed E-state index contributed by atoms with van der Waals surface area (Å²) in [5.41, 5.74) is 5.14. The Morgan fingerprint density at radius 1 is 0.442 bits per heavy atom. The Labute approximate surface area is 516 Å². The van der Waals surface area contributed by atoms with Gasteiger partial charge in [0.1, 0.15) is 5.82 Å². The molecule has 0 bridgehead atoms. The van der Waals surface area contributed by atoms with Crippen molar-refractivity contribution in [2.24, 2.45) is 5.73 Å². The number of aliphatic hydroxyl groups excluding tert-OH is 1. The number of aliphatic hydroxyl groups is 1. The first-order valence-electron chi connectivity index (χ1n) is 24.5. The van der Waals surface area contributed by atoms with E-state index in [1.165, 1.54) is 7.11 Å². The minimum atomic E-state index is -7.57. The molecule has 0 aliphatic rings. The number of carboxylic acid groups (broad SMARTS) is 1. The summed E-state index contributed by atoms with van der Waals surface area (Å²) in [6, 6.07) is 4.42. The number of halogens is 29. The molecule has 1 aromatic rings. The molecule has 1 aromatic carbocycles. The van der Waals surface area contributed by atoms with Crippen LogP contribution in [0, 0.1) is 5.82 Å². The van der Waals surface area contributed by atoms with Crippen LogP contribution in [0.15, 0.2) is 29.2 Å². The molecular weight excluding hydrogens is 1440 g/mol. The Bertz CT molecular complexity index is 2390. The van der Waals surface area contributed by atoms with Crippen LogP contribution in [0.2, 0.25) is 0 Å². The minimum Gasteiger partial charge on any atom is -0.477 e. The first-order valence-corrected chi connectivity index (χ1v) is 25.9. The fraction of sp³-hybridized carbons (Fsp3) is 0.818. The minimum absolute atomic E-state index is 0.0826. The number of nitrogens with one attached hydrogen (secondary N) is 1. The Morgan fingerprint density at radius 3 is 1.05 bits per heavy atom. The van der Waals surface area contributed by atoms with Gasteiger partial charge < -0.3 is 59.2 Å². The van der Waals surface area contributed by atoms with Crippen LogP contribution in [0.5, 0.6) is 0 Å². The van der Waals surface area contributed by atoms with Gasteiger partial charge in [0.2, 0.25) is 0 Å². The average Bonchev–Trinajstić information content (AvgIpc) is 0.739. The molecule has 0 fully saturated rings. The molecule has 4 unspecified atom stereocenters. The number of carboxylic acids is 1. The molecule has 5 N–H and O–H groups in total. The Balaban J connectivity index is -0.000000600. The number of carbonyl (C=O) groups excluding carboxylic acids is 1. The lowest BCUT2D eigenvalue weighted by molar-refractivity contribution is -0.537. The van der Waals surface area contributed by atoms with Gasteiger partial charge in [-0.1, -0.05) is 0 Å². The Morgan fingerprint density at radius 2 is 0.758 bits per heavy atom. The van der Waals surface area contributed by atoms with E-state index in [2.05, 4.69) is 18.9 Å². The SMILES string of the molecule is CC(F)(F)C(F)(F)OC(F)(C(F)(F)F)C(F)(F)OC(F)(C(=O)O)C(F)(F)F.COCCOCCN.COCCOCCNC(=O)C(F)(OC(F)(F)C(F)(OC(F)(F)C(C)(F)F)C(F)(F)F)C(F)(F)F.COCCOCCO.COCCOCCOS(=O)(=O)c1ccc(F)cc1. The van der Waals surface area contributed by atoms with Crippen molar-refractivity contribution in [2.75, 3.05) is 134 Å². The Hall–Kier alpha value is -4.52. The zero-order valence-electron chi connectivity index (χ0n) is 48.9. The molecule has 0 aliphatic heterocycles. The highest BCUT2D eigenvalue weighted by Gasteiger charge is 2.84. The number of carbonyl (C=O) groups is 2. The highest BCUT2D eigenvalue weighted by molar-refractivity contribution is 7.86. The lowest BCUT2D eigenvalue weighted by Gasteiger charge is -2.39. The Kier molecular flexibility index (Phi) is 41.3. The maximum atomic E-state index is 14.2. The lowest BCUT2D eigenvalue weighted by Crippen LogP contribution is -2.67. The van der Waals surface area contributed by atoms with Crippen LogP contribution in [0.3, 0.4) is 0 Å². The summed E-state index contributed by atoms with van der Waals surface area (Å²) in [5, 5.41) is 17.0. The summed E-state index contributed by atoms with van der Waals surface area (Å²) in [7, 11) is 2.14. The van der Waals surface area contributed by atoms with Crippen molar-refractivity contribution in [1.29, 1.82) is 0 Å². The number of nitrogens with two attached hydrogens (primary N) is 1. The molecule has 0 saturated carbocycles. The molecule has 21 nitrogen and oxygen atoms in total. The van der Waals surface area contributed by atoms with Crippen LogP contribution in [-0.2, 0) is 80.7 Å². The van der Waals surface area contributed by atoms with Gasteiger partial charge in [-0.25, -0.2) is 9.18 Å². The fourth-order valence-electron chi connectivity index (χ4n) is 4.38. The third-order valence-corrected chi connectivity index (χ3v) is 10.5. The molecule has 51 heteroatoms. The molecule has 0 heterocycles. The number of rotatable bonds is 38. The van der Waals surface area contributed by atoms with Crippen LogP contribution in [0.4, 0.5) is 127 Å². The second-order valence-corrected chi connectivity index (χ2v) is 18.5. The third kappa shape index (κ3) is 31.9. The quantitative estimate of drug-likeness (QED) is 0.0273. The second-order valence-electron chi connectivity index (χ2n) is 16.8. The highest BCUT2D eigenvalue weighted by atomic mass is 32.2. The molecule has 4 atom stereocenters. The number of methoxy groups -OCH3 is 4. The van der Waals surface area contributed by atoms with E-state index in [0.717, 1.165) is 29.6 Å². The van der Waals surface area contributed by atoms with Gasteiger partial charge in [-0.2, -0.15) is 131 Å². The summed E-state index contributed by atoms with van der Waals surface area (Å²) in [6.45, 7) is 0.946. The van der Waals surface area contributed by atoms with Crippen molar-refractivity contribution in [3.63, 3.8) is 0 Å². The monoisotopic (exact) mass is 1500 g/mol. The van der Waals surface area contributed by atoms with Crippen LogP contribution >= 0.6 is 0 Å². The van der Waals surface area contributed by atoms with Crippen LogP contribution in [0.25, 0.3) is 0 Å². The number of benzene rings is 1. The van der Waals surface area contributed by atoms with E-state index >= 15 is 0 Å². The largest absolute Gasteiger partial charge is 0.477 e. The summed E-state index contributed by atoms with van der Waals surface area (Å²) in [5.74, 6) is -47.9. The molecule has 0 aliphatic carbocycles. The summed E-state index contributed by atoms with van der Waals surface area (Å²) in [6.07, 6.45) is -57.8. The molecule has 1 rings (SSSR count). The van der Waals surface area contributed by atoms with Gasteiger partial charge in [-0.3, -0.25) is 27.9 Å². The third-order valence-electron chi connectivity index (χ3n) is 9.20. The summed E-state index contributed by atoms with van der Waals surface area (Å²) < 4.78 is 448. The average molecular weight is 1500 g/mol. The smallest absolute Gasteiger partial charge is 0.460 e. The van der Waals surface area contributed by atoms with E-state index < -0.39 is 139 Å². The van der Waals surface area contributed by atoms with E-state index in [1.54, 1.807) is 30.8 Å². The van der Waals surface area contributed by atoms with Gasteiger partial charge in [-0.15, -0.1) is 0 Å². The first kappa shape index (κ1) is 96.9. The number of alkyl halides is 28. The molecule has 568 valence electrons. The van der Waals surface area contributed by atoms with Gasteiger partial charge in [0.25, 0.3) is 16.0 Å². The molecule has 1 amide bonds. The second kappa shape index (κ2) is 40.5. The fourth-order valence-corrected chi connectivity index (χ4v) is 5.28. The van der Waals surface area contributed by atoms with Gasteiger partial charge in [-0.05, 0) is 24.3 Å².